The van der Waals surface area contributed by atoms with Crippen molar-refractivity contribution in [2.75, 3.05) is 5.32 Å². The molecule has 2 aromatic carbocycles. The second kappa shape index (κ2) is 7.09. The molecule has 3 heterocycles. The molecule has 0 aliphatic heterocycles. The largest absolute Gasteiger partial charge is 0.323 e. The smallest absolute Gasteiger partial charge is 0.261 e. The highest BCUT2D eigenvalue weighted by Gasteiger charge is 2.17. The first-order valence-electron chi connectivity index (χ1n) is 8.95. The molecule has 0 amide bonds. The maximum Gasteiger partial charge on any atom is 0.261 e. The molecule has 150 valence electrons. The van der Waals surface area contributed by atoms with E-state index in [4.69, 9.17) is 23.2 Å². The molecule has 0 saturated carbocycles. The SMILES string of the molecule is Cc1nc(-c2nc3ccc4nc(Nc5c(Cl)cccc5Cl)n(C)c4c3c(=O)[nH]2)cs1. The summed E-state index contributed by atoms with van der Waals surface area (Å²) in [6.45, 7) is 1.91. The quantitative estimate of drug-likeness (QED) is 0.384. The number of nitrogens with zero attached hydrogens (tertiary/aromatic N) is 4. The number of aryl methyl sites for hydroxylation is 2. The number of fused-ring (bicyclic) bond motifs is 3. The van der Waals surface area contributed by atoms with E-state index < -0.39 is 0 Å². The molecular formula is C20H14Cl2N6OS. The maximum absolute atomic E-state index is 13.0. The van der Waals surface area contributed by atoms with Gasteiger partial charge in [-0.2, -0.15) is 0 Å². The highest BCUT2D eigenvalue weighted by atomic mass is 35.5. The van der Waals surface area contributed by atoms with Crippen molar-refractivity contribution in [3.8, 4) is 11.5 Å². The van der Waals surface area contributed by atoms with Gasteiger partial charge in [0.05, 0.1) is 42.7 Å². The molecule has 0 aliphatic rings. The summed E-state index contributed by atoms with van der Waals surface area (Å²) in [5, 5.41) is 7.35. The van der Waals surface area contributed by atoms with Crippen molar-refractivity contribution in [3.05, 3.63) is 61.1 Å². The highest BCUT2D eigenvalue weighted by molar-refractivity contribution is 7.09. The molecule has 0 atom stereocenters. The van der Waals surface area contributed by atoms with Gasteiger partial charge in [-0.15, -0.1) is 11.3 Å². The summed E-state index contributed by atoms with van der Waals surface area (Å²) >= 11 is 14.1. The van der Waals surface area contributed by atoms with Crippen molar-refractivity contribution in [1.29, 1.82) is 0 Å². The van der Waals surface area contributed by atoms with Gasteiger partial charge in [0.2, 0.25) is 5.95 Å². The van der Waals surface area contributed by atoms with Crippen LogP contribution in [0.5, 0.6) is 0 Å². The van der Waals surface area contributed by atoms with Gasteiger partial charge in [-0.1, -0.05) is 29.3 Å². The molecule has 0 saturated heterocycles. The first-order valence-corrected chi connectivity index (χ1v) is 10.6. The van der Waals surface area contributed by atoms with Crippen LogP contribution in [0.3, 0.4) is 0 Å². The van der Waals surface area contributed by atoms with E-state index in [0.717, 1.165) is 5.01 Å². The molecule has 0 fully saturated rings. The van der Waals surface area contributed by atoms with Crippen LogP contribution in [0.4, 0.5) is 11.6 Å². The normalized spacial score (nSPS) is 11.5. The average Bonchev–Trinajstić information content (AvgIpc) is 3.28. The number of para-hydroxylation sites is 1. The molecule has 5 aromatic rings. The molecule has 2 N–H and O–H groups in total. The van der Waals surface area contributed by atoms with Crippen molar-refractivity contribution in [2.24, 2.45) is 7.05 Å². The summed E-state index contributed by atoms with van der Waals surface area (Å²) in [5.74, 6) is 0.950. The minimum atomic E-state index is -0.253. The fraction of sp³-hybridized carbons (Fsp3) is 0.100. The average molecular weight is 457 g/mol. The van der Waals surface area contributed by atoms with Crippen LogP contribution in [0.1, 0.15) is 5.01 Å². The summed E-state index contributed by atoms with van der Waals surface area (Å²) in [4.78, 5) is 29.5. The third kappa shape index (κ3) is 3.04. The molecule has 0 aliphatic carbocycles. The molecule has 7 nitrogen and oxygen atoms in total. The van der Waals surface area contributed by atoms with Gasteiger partial charge in [0, 0.05) is 12.4 Å². The van der Waals surface area contributed by atoms with Gasteiger partial charge in [-0.05, 0) is 31.2 Å². The van der Waals surface area contributed by atoms with Crippen LogP contribution < -0.4 is 10.9 Å². The summed E-state index contributed by atoms with van der Waals surface area (Å²) in [5.41, 5.74) is 2.83. The van der Waals surface area contributed by atoms with Gasteiger partial charge in [-0.3, -0.25) is 4.79 Å². The maximum atomic E-state index is 13.0. The van der Waals surface area contributed by atoms with E-state index in [1.54, 1.807) is 28.8 Å². The number of H-pyrrole nitrogens is 1. The van der Waals surface area contributed by atoms with E-state index in [1.807, 2.05) is 25.4 Å². The van der Waals surface area contributed by atoms with Gasteiger partial charge < -0.3 is 14.9 Å². The molecule has 10 heteroatoms. The first kappa shape index (κ1) is 19.0. The van der Waals surface area contributed by atoms with Crippen LogP contribution in [0.25, 0.3) is 33.5 Å². The molecule has 3 aromatic heterocycles. The lowest BCUT2D eigenvalue weighted by molar-refractivity contribution is 0.960. The van der Waals surface area contributed by atoms with E-state index in [0.29, 0.717) is 55.1 Å². The Morgan fingerprint density at radius 1 is 1.07 bits per heavy atom. The van der Waals surface area contributed by atoms with Crippen LogP contribution in [0.15, 0.2) is 40.5 Å². The van der Waals surface area contributed by atoms with E-state index in [-0.39, 0.29) is 5.56 Å². The number of thiazole rings is 1. The van der Waals surface area contributed by atoms with Gasteiger partial charge in [0.15, 0.2) is 5.82 Å². The number of halogens is 2. The molecule has 0 radical (unpaired) electrons. The third-order valence-corrected chi connectivity index (χ3v) is 6.17. The van der Waals surface area contributed by atoms with Crippen molar-refractivity contribution in [2.45, 2.75) is 6.92 Å². The Kier molecular flexibility index (Phi) is 4.50. The summed E-state index contributed by atoms with van der Waals surface area (Å²) < 4.78 is 1.79. The van der Waals surface area contributed by atoms with E-state index in [2.05, 4.69) is 25.3 Å². The Balaban J connectivity index is 1.70. The van der Waals surface area contributed by atoms with Crippen molar-refractivity contribution in [1.82, 2.24) is 24.5 Å². The molecule has 0 bridgehead atoms. The first-order chi connectivity index (χ1) is 14.4. The Bertz CT molecular complexity index is 1480. The lowest BCUT2D eigenvalue weighted by Crippen LogP contribution is -2.11. The Morgan fingerprint density at radius 2 is 1.80 bits per heavy atom. The van der Waals surface area contributed by atoms with Crippen LogP contribution in [-0.2, 0) is 7.05 Å². The lowest BCUT2D eigenvalue weighted by atomic mass is 10.2. The van der Waals surface area contributed by atoms with Crippen LogP contribution in [-0.4, -0.2) is 24.5 Å². The zero-order valence-electron chi connectivity index (χ0n) is 15.8. The Labute approximate surface area is 184 Å². The van der Waals surface area contributed by atoms with E-state index in [1.165, 1.54) is 11.3 Å². The van der Waals surface area contributed by atoms with Gasteiger partial charge in [0.1, 0.15) is 5.69 Å². The number of rotatable bonds is 3. The van der Waals surface area contributed by atoms with Crippen molar-refractivity contribution in [3.63, 3.8) is 0 Å². The second-order valence-corrected chi connectivity index (χ2v) is 8.59. The van der Waals surface area contributed by atoms with Gasteiger partial charge in [0.25, 0.3) is 5.56 Å². The number of hydrogen-bond acceptors (Lipinski definition) is 6. The molecule has 30 heavy (non-hydrogen) atoms. The Morgan fingerprint density at radius 3 is 2.50 bits per heavy atom. The number of nitrogens with one attached hydrogen (secondary N) is 2. The predicted octanol–water partition coefficient (Wildman–Crippen LogP) is 5.29. The number of aromatic amines is 1. The van der Waals surface area contributed by atoms with Crippen LogP contribution >= 0.6 is 34.5 Å². The minimum absolute atomic E-state index is 0.253. The fourth-order valence-corrected chi connectivity index (χ4v) is 4.45. The van der Waals surface area contributed by atoms with Crippen LogP contribution in [0.2, 0.25) is 10.0 Å². The zero-order valence-corrected chi connectivity index (χ0v) is 18.2. The fourth-order valence-electron chi connectivity index (χ4n) is 3.36. The molecule has 0 unspecified atom stereocenters. The number of hydrogen-bond donors (Lipinski definition) is 2. The third-order valence-electron chi connectivity index (χ3n) is 4.77. The lowest BCUT2D eigenvalue weighted by Gasteiger charge is -2.10. The number of aromatic nitrogens is 5. The molecule has 5 rings (SSSR count). The topological polar surface area (TPSA) is 88.5 Å². The number of benzene rings is 2. The minimum Gasteiger partial charge on any atom is -0.323 e. The van der Waals surface area contributed by atoms with Crippen LogP contribution in [0, 0.1) is 6.92 Å². The van der Waals surface area contributed by atoms with Crippen molar-refractivity contribution < 1.29 is 0 Å². The number of anilines is 2. The zero-order chi connectivity index (χ0) is 21.0. The molecular weight excluding hydrogens is 443 g/mol. The monoisotopic (exact) mass is 456 g/mol. The summed E-state index contributed by atoms with van der Waals surface area (Å²) in [7, 11) is 1.82. The second-order valence-electron chi connectivity index (χ2n) is 6.71. The van der Waals surface area contributed by atoms with Gasteiger partial charge >= 0.3 is 0 Å². The predicted molar refractivity (Wildman–Crippen MR) is 122 cm³/mol. The van der Waals surface area contributed by atoms with Crippen molar-refractivity contribution >= 4 is 68.1 Å². The standard InChI is InChI=1S/C20H14Cl2N6OS/c1-9-23-14(8-30-9)18-24-12-6-7-13-17(15(12)19(29)27-18)28(2)20(25-13)26-16-10(21)4-3-5-11(16)22/h3-8H,1-2H3,(H,25,26)(H,24,27,29). The van der Waals surface area contributed by atoms with Gasteiger partial charge in [-0.25, -0.2) is 15.0 Å². The number of imidazole rings is 1. The summed E-state index contributed by atoms with van der Waals surface area (Å²) in [6, 6.07) is 8.87. The van der Waals surface area contributed by atoms with E-state index >= 15 is 0 Å². The highest BCUT2D eigenvalue weighted by Crippen LogP contribution is 2.34. The Hall–Kier alpha value is -2.94. The summed E-state index contributed by atoms with van der Waals surface area (Å²) in [6.07, 6.45) is 0. The van der Waals surface area contributed by atoms with E-state index in [9.17, 15) is 4.79 Å². The molecule has 0 spiro atoms.